The second kappa shape index (κ2) is 8.72. The molecule has 1 heterocycles. The van der Waals surface area contributed by atoms with Crippen LogP contribution < -0.4 is 9.64 Å². The molecule has 0 saturated carbocycles. The van der Waals surface area contributed by atoms with Crippen molar-refractivity contribution in [1.82, 2.24) is 5.01 Å². The Bertz CT molecular complexity index is 735. The molecule has 0 radical (unpaired) electrons. The topological polar surface area (TPSA) is 49.5 Å². The van der Waals surface area contributed by atoms with Crippen molar-refractivity contribution >= 4 is 6.21 Å². The molecule has 3 rings (SSSR count). The zero-order chi connectivity index (χ0) is 18.4. The summed E-state index contributed by atoms with van der Waals surface area (Å²) in [5.74, 6) is 0.668. The summed E-state index contributed by atoms with van der Waals surface area (Å²) in [4.78, 5) is 1.60. The highest BCUT2D eigenvalue weighted by Crippen LogP contribution is 2.26. The van der Waals surface area contributed by atoms with Crippen LogP contribution in [0.3, 0.4) is 0 Å². The van der Waals surface area contributed by atoms with Gasteiger partial charge in [0.25, 0.3) is 0 Å². The third-order valence-corrected chi connectivity index (χ3v) is 4.68. The van der Waals surface area contributed by atoms with Gasteiger partial charge in [0.15, 0.2) is 11.5 Å². The molecule has 0 unspecified atom stereocenters. The van der Waals surface area contributed by atoms with E-state index in [0.29, 0.717) is 12.4 Å². The van der Waals surface area contributed by atoms with Crippen LogP contribution in [-0.2, 0) is 6.54 Å². The highest BCUT2D eigenvalue weighted by atomic mass is 16.5. The number of quaternary nitrogens is 1. The Morgan fingerprint density at radius 1 is 1.15 bits per heavy atom. The van der Waals surface area contributed by atoms with Gasteiger partial charge in [-0.3, -0.25) is 5.01 Å². The number of phenolic OH excluding ortho intramolecular Hbond substituents is 1. The van der Waals surface area contributed by atoms with E-state index in [-0.39, 0.29) is 5.75 Å². The summed E-state index contributed by atoms with van der Waals surface area (Å²) in [6.07, 6.45) is 1.84. The number of aromatic hydroxyl groups is 1. The van der Waals surface area contributed by atoms with E-state index in [1.54, 1.807) is 11.0 Å². The van der Waals surface area contributed by atoms with E-state index in [1.807, 2.05) is 25.3 Å². The first-order valence-electron chi connectivity index (χ1n) is 9.28. The second-order valence-corrected chi connectivity index (χ2v) is 6.77. The molecule has 1 saturated heterocycles. The van der Waals surface area contributed by atoms with Crippen LogP contribution in [0.1, 0.15) is 23.6 Å². The van der Waals surface area contributed by atoms with E-state index in [4.69, 9.17) is 4.74 Å². The Morgan fingerprint density at radius 3 is 2.58 bits per heavy atom. The minimum Gasteiger partial charge on any atom is -0.504 e. The Kier molecular flexibility index (Phi) is 6.12. The van der Waals surface area contributed by atoms with Gasteiger partial charge >= 0.3 is 0 Å². The summed E-state index contributed by atoms with van der Waals surface area (Å²) >= 11 is 0. The number of rotatable bonds is 6. The first-order chi connectivity index (χ1) is 12.6. The number of ether oxygens (including phenoxy) is 1. The summed E-state index contributed by atoms with van der Waals surface area (Å²) in [7, 11) is 0. The Hall–Kier alpha value is -2.53. The van der Waals surface area contributed by atoms with Crippen LogP contribution in [0.25, 0.3) is 0 Å². The summed E-state index contributed by atoms with van der Waals surface area (Å²) in [5, 5.41) is 16.5. The Morgan fingerprint density at radius 2 is 1.88 bits per heavy atom. The smallest absolute Gasteiger partial charge is 0.161 e. The van der Waals surface area contributed by atoms with Crippen molar-refractivity contribution in [3.8, 4) is 11.5 Å². The fourth-order valence-electron chi connectivity index (χ4n) is 3.13. The van der Waals surface area contributed by atoms with Crippen LogP contribution in [0, 0.1) is 6.92 Å². The lowest BCUT2D eigenvalue weighted by Gasteiger charge is -2.30. The SMILES string of the molecule is CCOc1cc(/C=N/N2CC[NH+](Cc3ccc(C)cc3)CC2)ccc1O. The molecule has 138 valence electrons. The summed E-state index contributed by atoms with van der Waals surface area (Å²) in [6.45, 7) is 9.71. The third kappa shape index (κ3) is 4.99. The lowest BCUT2D eigenvalue weighted by molar-refractivity contribution is -0.918. The number of aryl methyl sites for hydroxylation is 1. The van der Waals surface area contributed by atoms with E-state index < -0.39 is 0 Å². The Balaban J connectivity index is 1.51. The van der Waals surface area contributed by atoms with E-state index in [1.165, 1.54) is 11.1 Å². The zero-order valence-corrected chi connectivity index (χ0v) is 15.6. The first-order valence-corrected chi connectivity index (χ1v) is 9.28. The van der Waals surface area contributed by atoms with Crippen LogP contribution in [0.4, 0.5) is 0 Å². The molecule has 1 aliphatic rings. The van der Waals surface area contributed by atoms with Crippen molar-refractivity contribution in [3.63, 3.8) is 0 Å². The average molecular weight is 354 g/mol. The lowest BCUT2D eigenvalue weighted by atomic mass is 10.1. The maximum Gasteiger partial charge on any atom is 0.161 e. The molecule has 0 aliphatic carbocycles. The molecule has 0 bridgehead atoms. The van der Waals surface area contributed by atoms with Crippen LogP contribution in [-0.4, -0.2) is 49.1 Å². The number of hydrazone groups is 1. The predicted molar refractivity (Wildman–Crippen MR) is 104 cm³/mol. The molecule has 0 spiro atoms. The van der Waals surface area contributed by atoms with Gasteiger partial charge in [-0.1, -0.05) is 29.8 Å². The summed E-state index contributed by atoms with van der Waals surface area (Å²) in [6, 6.07) is 14.1. The number of hydrogen-bond acceptors (Lipinski definition) is 4. The van der Waals surface area contributed by atoms with Gasteiger partial charge in [-0.15, -0.1) is 0 Å². The fourth-order valence-corrected chi connectivity index (χ4v) is 3.13. The monoisotopic (exact) mass is 354 g/mol. The quantitative estimate of drug-likeness (QED) is 0.778. The maximum atomic E-state index is 9.77. The molecule has 2 N–H and O–H groups in total. The minimum atomic E-state index is 0.164. The highest BCUT2D eigenvalue weighted by Gasteiger charge is 2.18. The van der Waals surface area contributed by atoms with Gasteiger partial charge in [-0.25, -0.2) is 0 Å². The van der Waals surface area contributed by atoms with Gasteiger partial charge in [-0.2, -0.15) is 5.10 Å². The van der Waals surface area contributed by atoms with Crippen LogP contribution >= 0.6 is 0 Å². The molecule has 0 aromatic heterocycles. The molecule has 26 heavy (non-hydrogen) atoms. The number of benzene rings is 2. The third-order valence-electron chi connectivity index (χ3n) is 4.68. The van der Waals surface area contributed by atoms with Gasteiger partial charge in [0.05, 0.1) is 39.0 Å². The molecule has 1 aliphatic heterocycles. The van der Waals surface area contributed by atoms with Crippen molar-refractivity contribution in [3.05, 3.63) is 59.2 Å². The van der Waals surface area contributed by atoms with Gasteiger partial charge in [-0.05, 0) is 37.6 Å². The number of piperazine rings is 1. The molecule has 0 amide bonds. The van der Waals surface area contributed by atoms with Crippen LogP contribution in [0.15, 0.2) is 47.6 Å². The van der Waals surface area contributed by atoms with Crippen molar-refractivity contribution < 1.29 is 14.7 Å². The van der Waals surface area contributed by atoms with Gasteiger partial charge in [0.1, 0.15) is 6.54 Å². The number of hydrogen-bond donors (Lipinski definition) is 2. The molecule has 2 aromatic rings. The van der Waals surface area contributed by atoms with Crippen molar-refractivity contribution in [2.45, 2.75) is 20.4 Å². The first kappa shape index (κ1) is 18.3. The molecular formula is C21H28N3O2+. The van der Waals surface area contributed by atoms with E-state index in [9.17, 15) is 5.11 Å². The molecule has 2 aromatic carbocycles. The molecule has 1 fully saturated rings. The number of nitrogens with zero attached hydrogens (tertiary/aromatic N) is 2. The summed E-state index contributed by atoms with van der Waals surface area (Å²) < 4.78 is 5.42. The largest absolute Gasteiger partial charge is 0.504 e. The van der Waals surface area contributed by atoms with Gasteiger partial charge in [0, 0.05) is 5.56 Å². The minimum absolute atomic E-state index is 0.164. The fraction of sp³-hybridized carbons (Fsp3) is 0.381. The van der Waals surface area contributed by atoms with Crippen molar-refractivity contribution in [1.29, 1.82) is 0 Å². The Labute approximate surface area is 155 Å². The normalized spacial score (nSPS) is 15.5. The molecule has 5 heteroatoms. The van der Waals surface area contributed by atoms with Gasteiger partial charge < -0.3 is 14.7 Å². The van der Waals surface area contributed by atoms with Gasteiger partial charge in [0.2, 0.25) is 0 Å². The zero-order valence-electron chi connectivity index (χ0n) is 15.6. The second-order valence-electron chi connectivity index (χ2n) is 6.77. The van der Waals surface area contributed by atoms with Crippen molar-refractivity contribution in [2.24, 2.45) is 5.10 Å². The van der Waals surface area contributed by atoms with Crippen molar-refractivity contribution in [2.75, 3.05) is 32.8 Å². The van der Waals surface area contributed by atoms with E-state index in [0.717, 1.165) is 38.3 Å². The highest BCUT2D eigenvalue weighted by molar-refractivity contribution is 5.80. The summed E-state index contributed by atoms with van der Waals surface area (Å²) in [5.41, 5.74) is 3.64. The van der Waals surface area contributed by atoms with Crippen LogP contribution in [0.2, 0.25) is 0 Å². The van der Waals surface area contributed by atoms with E-state index >= 15 is 0 Å². The number of phenols is 1. The van der Waals surface area contributed by atoms with E-state index in [2.05, 4.69) is 41.3 Å². The lowest BCUT2D eigenvalue weighted by Crippen LogP contribution is -3.13. The van der Waals surface area contributed by atoms with Crippen LogP contribution in [0.5, 0.6) is 11.5 Å². The molecule has 0 atom stereocenters. The predicted octanol–water partition coefficient (Wildman–Crippen LogP) is 1.83. The number of nitrogens with one attached hydrogen (secondary N) is 1. The average Bonchev–Trinajstić information content (AvgIpc) is 2.65. The standard InChI is InChI=1S/C21H27N3O2/c1-3-26-21-14-19(8-9-20(21)25)15-22-24-12-10-23(11-13-24)16-18-6-4-17(2)5-7-18/h4-9,14-15,25H,3,10-13,16H2,1-2H3/p+1/b22-15+. The molecular weight excluding hydrogens is 326 g/mol. The maximum absolute atomic E-state index is 9.77. The molecule has 5 nitrogen and oxygen atoms in total.